The van der Waals surface area contributed by atoms with Gasteiger partial charge in [0.25, 0.3) is 0 Å². The zero-order valence-corrected chi connectivity index (χ0v) is 14.8. The topological polar surface area (TPSA) is 29.5 Å². The van der Waals surface area contributed by atoms with E-state index in [0.29, 0.717) is 12.0 Å². The lowest BCUT2D eigenvalue weighted by atomic mass is 9.92. The monoisotopic (exact) mass is 351 g/mol. The molecule has 26 heavy (non-hydrogen) atoms. The molecule has 2 atom stereocenters. The van der Waals surface area contributed by atoms with Gasteiger partial charge in [0.1, 0.15) is 12.4 Å². The summed E-state index contributed by atoms with van der Waals surface area (Å²) in [6.07, 6.45) is 4.29. The Morgan fingerprint density at radius 2 is 1.96 bits per heavy atom. The number of nitrogens with zero attached hydrogens (tertiary/aromatic N) is 1. The summed E-state index contributed by atoms with van der Waals surface area (Å²) in [5.74, 6) is -0.184. The number of hydrogen-bond donors (Lipinski definition) is 0. The minimum Gasteiger partial charge on any atom is -0.445 e. The Hall–Kier alpha value is -2.62. The van der Waals surface area contributed by atoms with E-state index in [1.165, 1.54) is 6.07 Å². The number of carbonyl (C=O) groups excluding carboxylic acids is 1. The first-order valence-corrected chi connectivity index (χ1v) is 9.08. The van der Waals surface area contributed by atoms with Gasteiger partial charge >= 0.3 is 6.09 Å². The Balaban J connectivity index is 1.51. The van der Waals surface area contributed by atoms with Crippen molar-refractivity contribution in [3.05, 3.63) is 77.1 Å². The zero-order chi connectivity index (χ0) is 18.1. The number of amides is 1. The number of hydrogen-bond acceptors (Lipinski definition) is 2. The Bertz CT molecular complexity index is 826. The minimum absolute atomic E-state index is 0.00831. The second kappa shape index (κ2) is 6.94. The minimum atomic E-state index is -0.276. The van der Waals surface area contributed by atoms with E-state index in [-0.39, 0.29) is 30.6 Å². The number of rotatable bonds is 3. The van der Waals surface area contributed by atoms with E-state index in [1.807, 2.05) is 48.2 Å². The van der Waals surface area contributed by atoms with Gasteiger partial charge in [0.2, 0.25) is 0 Å². The van der Waals surface area contributed by atoms with Crippen LogP contribution in [0.25, 0.3) is 5.57 Å². The second-order valence-electron chi connectivity index (χ2n) is 7.07. The molecule has 0 aliphatic carbocycles. The van der Waals surface area contributed by atoms with Crippen molar-refractivity contribution in [1.82, 2.24) is 4.90 Å². The summed E-state index contributed by atoms with van der Waals surface area (Å²) in [5.41, 5.74) is 3.63. The maximum absolute atomic E-state index is 14.3. The standard InChI is InChI=1S/C22H22FNO2/c1-15-6-5-9-20(23)21(15)17-12-18-10-11-19(13-17)24(18)22(25)26-14-16-7-3-2-4-8-16/h2-9,12,18-19H,10-11,13-14H2,1H3. The van der Waals surface area contributed by atoms with Crippen molar-refractivity contribution in [2.45, 2.75) is 44.9 Å². The molecule has 2 bridgehead atoms. The van der Waals surface area contributed by atoms with Crippen LogP contribution in [-0.2, 0) is 11.3 Å². The average molecular weight is 351 g/mol. The third-order valence-electron chi connectivity index (χ3n) is 5.35. The molecule has 2 aliphatic heterocycles. The summed E-state index contributed by atoms with van der Waals surface area (Å²) >= 11 is 0. The number of halogens is 1. The molecule has 0 aromatic heterocycles. The molecule has 4 heteroatoms. The number of ether oxygens (including phenoxy) is 1. The van der Waals surface area contributed by atoms with E-state index in [9.17, 15) is 9.18 Å². The highest BCUT2D eigenvalue weighted by Gasteiger charge is 2.41. The molecule has 1 amide bonds. The highest BCUT2D eigenvalue weighted by molar-refractivity contribution is 5.76. The quantitative estimate of drug-likeness (QED) is 0.771. The summed E-state index contributed by atoms with van der Waals surface area (Å²) in [6.45, 7) is 2.21. The third-order valence-corrected chi connectivity index (χ3v) is 5.35. The smallest absolute Gasteiger partial charge is 0.410 e. The molecule has 2 heterocycles. The fraction of sp³-hybridized carbons (Fsp3) is 0.318. The van der Waals surface area contributed by atoms with Gasteiger partial charge in [-0.05, 0) is 49.0 Å². The molecule has 2 aromatic carbocycles. The molecule has 4 rings (SSSR count). The van der Waals surface area contributed by atoms with E-state index >= 15 is 0 Å². The molecule has 2 unspecified atom stereocenters. The van der Waals surface area contributed by atoms with Crippen LogP contribution in [0.5, 0.6) is 0 Å². The van der Waals surface area contributed by atoms with Crippen molar-refractivity contribution >= 4 is 11.7 Å². The van der Waals surface area contributed by atoms with Crippen LogP contribution < -0.4 is 0 Å². The highest BCUT2D eigenvalue weighted by Crippen LogP contribution is 2.40. The van der Waals surface area contributed by atoms with Crippen molar-refractivity contribution in [2.24, 2.45) is 0 Å². The number of carbonyl (C=O) groups is 1. The molecule has 1 fully saturated rings. The molecule has 0 radical (unpaired) electrons. The van der Waals surface area contributed by atoms with Crippen molar-refractivity contribution in [3.63, 3.8) is 0 Å². The molecule has 1 saturated heterocycles. The average Bonchev–Trinajstić information content (AvgIpc) is 2.91. The largest absolute Gasteiger partial charge is 0.445 e. The van der Waals surface area contributed by atoms with Crippen molar-refractivity contribution in [2.75, 3.05) is 0 Å². The van der Waals surface area contributed by atoms with Crippen molar-refractivity contribution in [3.8, 4) is 0 Å². The fourth-order valence-electron chi connectivity index (χ4n) is 4.13. The first-order chi connectivity index (χ1) is 12.6. The van der Waals surface area contributed by atoms with Gasteiger partial charge in [-0.3, -0.25) is 4.90 Å². The van der Waals surface area contributed by atoms with Gasteiger partial charge in [0, 0.05) is 11.6 Å². The van der Waals surface area contributed by atoms with Crippen LogP contribution in [0.2, 0.25) is 0 Å². The van der Waals surface area contributed by atoms with Crippen molar-refractivity contribution in [1.29, 1.82) is 0 Å². The Morgan fingerprint density at radius 1 is 1.15 bits per heavy atom. The normalized spacial score (nSPS) is 21.5. The van der Waals surface area contributed by atoms with Crippen LogP contribution in [0.3, 0.4) is 0 Å². The predicted molar refractivity (Wildman–Crippen MR) is 99.0 cm³/mol. The van der Waals surface area contributed by atoms with Crippen LogP contribution in [0.4, 0.5) is 9.18 Å². The van der Waals surface area contributed by atoms with E-state index in [0.717, 1.165) is 29.5 Å². The SMILES string of the molecule is Cc1cccc(F)c1C1=CC2CCC(C1)N2C(=O)OCc1ccccc1. The lowest BCUT2D eigenvalue weighted by Gasteiger charge is -2.33. The Labute approximate surface area is 153 Å². The lowest BCUT2D eigenvalue weighted by molar-refractivity contribution is 0.0832. The van der Waals surface area contributed by atoms with Gasteiger partial charge in [-0.2, -0.15) is 0 Å². The van der Waals surface area contributed by atoms with E-state index in [1.54, 1.807) is 6.07 Å². The van der Waals surface area contributed by atoms with Gasteiger partial charge in [0.05, 0.1) is 6.04 Å². The first-order valence-electron chi connectivity index (χ1n) is 9.08. The summed E-state index contributed by atoms with van der Waals surface area (Å²) in [5, 5.41) is 0. The number of aryl methyl sites for hydroxylation is 1. The summed E-state index contributed by atoms with van der Waals surface area (Å²) < 4.78 is 19.8. The van der Waals surface area contributed by atoms with Gasteiger partial charge in [-0.25, -0.2) is 9.18 Å². The lowest BCUT2D eigenvalue weighted by Crippen LogP contribution is -2.43. The molecule has 0 spiro atoms. The molecule has 0 N–H and O–H groups in total. The zero-order valence-electron chi connectivity index (χ0n) is 14.8. The van der Waals surface area contributed by atoms with Crippen LogP contribution >= 0.6 is 0 Å². The molecule has 3 nitrogen and oxygen atoms in total. The van der Waals surface area contributed by atoms with E-state index < -0.39 is 0 Å². The molecule has 2 aromatic rings. The highest BCUT2D eigenvalue weighted by atomic mass is 19.1. The van der Waals surface area contributed by atoms with Crippen LogP contribution in [0.15, 0.2) is 54.6 Å². The molecule has 134 valence electrons. The maximum Gasteiger partial charge on any atom is 0.410 e. The summed E-state index contributed by atoms with van der Waals surface area (Å²) in [4.78, 5) is 14.4. The molecular weight excluding hydrogens is 329 g/mol. The van der Waals surface area contributed by atoms with Crippen molar-refractivity contribution < 1.29 is 13.9 Å². The predicted octanol–water partition coefficient (Wildman–Crippen LogP) is 5.09. The summed E-state index contributed by atoms with van der Waals surface area (Å²) in [7, 11) is 0. The molecule has 0 saturated carbocycles. The van der Waals surface area contributed by atoms with Crippen LogP contribution in [0.1, 0.15) is 36.0 Å². The Morgan fingerprint density at radius 3 is 2.69 bits per heavy atom. The third kappa shape index (κ3) is 3.12. The Kier molecular flexibility index (Phi) is 4.49. The van der Waals surface area contributed by atoms with Gasteiger partial charge in [0.15, 0.2) is 0 Å². The van der Waals surface area contributed by atoms with Crippen LogP contribution in [-0.4, -0.2) is 23.1 Å². The van der Waals surface area contributed by atoms with E-state index in [2.05, 4.69) is 6.08 Å². The maximum atomic E-state index is 14.3. The van der Waals surface area contributed by atoms with Gasteiger partial charge in [-0.1, -0.05) is 48.5 Å². The van der Waals surface area contributed by atoms with Gasteiger partial charge in [-0.15, -0.1) is 0 Å². The van der Waals surface area contributed by atoms with E-state index in [4.69, 9.17) is 4.74 Å². The first kappa shape index (κ1) is 16.8. The number of benzene rings is 2. The van der Waals surface area contributed by atoms with Gasteiger partial charge < -0.3 is 4.74 Å². The van der Waals surface area contributed by atoms with Crippen LogP contribution in [0, 0.1) is 12.7 Å². The number of fused-ring (bicyclic) bond motifs is 2. The summed E-state index contributed by atoms with van der Waals surface area (Å²) in [6, 6.07) is 14.9. The molecular formula is C22H22FNO2. The fourth-order valence-corrected chi connectivity index (χ4v) is 4.13. The second-order valence-corrected chi connectivity index (χ2v) is 7.07. The molecule has 2 aliphatic rings.